The Morgan fingerprint density at radius 1 is 1.07 bits per heavy atom. The number of fused-ring (bicyclic) bond motifs is 1. The van der Waals surface area contributed by atoms with Crippen LogP contribution in [-0.2, 0) is 0 Å². The van der Waals surface area contributed by atoms with E-state index in [2.05, 4.69) is 21.3 Å². The fourth-order valence-corrected chi connectivity index (χ4v) is 4.08. The molecule has 2 heterocycles. The molecule has 27 heavy (non-hydrogen) atoms. The van der Waals surface area contributed by atoms with E-state index in [1.54, 1.807) is 6.20 Å². The molecule has 4 rings (SSSR count). The lowest BCUT2D eigenvalue weighted by atomic mass is 10.0. The Hall–Kier alpha value is -2.43. The van der Waals surface area contributed by atoms with Gasteiger partial charge in [-0.25, -0.2) is 0 Å². The van der Waals surface area contributed by atoms with Crippen LogP contribution in [0.15, 0.2) is 60.8 Å². The second kappa shape index (κ2) is 8.07. The van der Waals surface area contributed by atoms with E-state index in [4.69, 9.17) is 11.6 Å². The average molecular weight is 380 g/mol. The van der Waals surface area contributed by atoms with Crippen LogP contribution in [0.5, 0.6) is 0 Å². The third kappa shape index (κ3) is 3.82. The molecule has 1 aliphatic rings. The van der Waals surface area contributed by atoms with E-state index in [0.29, 0.717) is 12.1 Å². The third-order valence-electron chi connectivity index (χ3n) is 5.19. The van der Waals surface area contributed by atoms with Crippen molar-refractivity contribution >= 4 is 28.4 Å². The summed E-state index contributed by atoms with van der Waals surface area (Å²) in [7, 11) is 0. The van der Waals surface area contributed by atoms with Crippen molar-refractivity contribution < 1.29 is 4.79 Å². The van der Waals surface area contributed by atoms with Crippen molar-refractivity contribution in [1.29, 1.82) is 0 Å². The molecule has 138 valence electrons. The number of rotatable bonds is 5. The Morgan fingerprint density at radius 3 is 2.70 bits per heavy atom. The minimum atomic E-state index is -0.0788. The third-order valence-corrected chi connectivity index (χ3v) is 5.54. The molecule has 2 aromatic carbocycles. The van der Waals surface area contributed by atoms with Crippen molar-refractivity contribution in [3.05, 3.63) is 76.9 Å². The van der Waals surface area contributed by atoms with E-state index in [0.717, 1.165) is 34.6 Å². The van der Waals surface area contributed by atoms with Gasteiger partial charge in [-0.1, -0.05) is 41.9 Å². The summed E-state index contributed by atoms with van der Waals surface area (Å²) in [5, 5.41) is 4.74. The number of benzene rings is 2. The number of amides is 1. The van der Waals surface area contributed by atoms with Gasteiger partial charge in [0, 0.05) is 28.7 Å². The Labute approximate surface area is 164 Å². The van der Waals surface area contributed by atoms with Crippen molar-refractivity contribution in [2.45, 2.75) is 18.9 Å². The molecule has 0 spiro atoms. The summed E-state index contributed by atoms with van der Waals surface area (Å²) in [6.07, 6.45) is 4.11. The van der Waals surface area contributed by atoms with Gasteiger partial charge in [-0.05, 0) is 55.8 Å². The van der Waals surface area contributed by atoms with Gasteiger partial charge in [0.25, 0.3) is 5.91 Å². The number of pyridine rings is 1. The summed E-state index contributed by atoms with van der Waals surface area (Å²) >= 11 is 6.46. The summed E-state index contributed by atoms with van der Waals surface area (Å²) in [6.45, 7) is 2.59. The van der Waals surface area contributed by atoms with Crippen LogP contribution in [0.1, 0.15) is 34.8 Å². The highest BCUT2D eigenvalue weighted by atomic mass is 35.5. The molecule has 0 saturated carbocycles. The number of hydrogen-bond donors (Lipinski definition) is 1. The standard InChI is InChI=1S/C22H22ClN3O/c23-19-10-2-1-7-18(19)21(26-13-3-4-14-26)15-25-22(27)17-8-5-11-20-16(17)9-6-12-24-20/h1-2,5-12,21H,3-4,13-15H2,(H,25,27)/t21-/m1/s1. The lowest BCUT2D eigenvalue weighted by Crippen LogP contribution is -2.37. The SMILES string of the molecule is O=C(NC[C@H](c1ccccc1Cl)N1CCCC1)c1cccc2ncccc12. The molecule has 3 aromatic rings. The van der Waals surface area contributed by atoms with E-state index in [1.807, 2.05) is 48.5 Å². The highest BCUT2D eigenvalue weighted by Crippen LogP contribution is 2.30. The zero-order valence-corrected chi connectivity index (χ0v) is 15.8. The van der Waals surface area contributed by atoms with Crippen LogP contribution < -0.4 is 5.32 Å². The van der Waals surface area contributed by atoms with Crippen LogP contribution in [0.3, 0.4) is 0 Å². The summed E-state index contributed by atoms with van der Waals surface area (Å²) < 4.78 is 0. The first kappa shape index (κ1) is 18.0. The number of nitrogens with zero attached hydrogens (tertiary/aromatic N) is 2. The molecule has 5 heteroatoms. The molecule has 0 unspecified atom stereocenters. The normalized spacial score (nSPS) is 15.7. The Kier molecular flexibility index (Phi) is 5.37. The lowest BCUT2D eigenvalue weighted by molar-refractivity contribution is 0.0939. The molecule has 4 nitrogen and oxygen atoms in total. The van der Waals surface area contributed by atoms with Crippen molar-refractivity contribution in [3.8, 4) is 0 Å². The maximum atomic E-state index is 12.9. The number of nitrogens with one attached hydrogen (secondary N) is 1. The Bertz CT molecular complexity index is 948. The van der Waals surface area contributed by atoms with E-state index < -0.39 is 0 Å². The molecule has 1 aliphatic heterocycles. The van der Waals surface area contributed by atoms with Gasteiger partial charge in [0.2, 0.25) is 0 Å². The molecule has 1 aromatic heterocycles. The topological polar surface area (TPSA) is 45.2 Å². The Morgan fingerprint density at radius 2 is 1.89 bits per heavy atom. The summed E-state index contributed by atoms with van der Waals surface area (Å²) in [6, 6.07) is 17.4. The van der Waals surface area contributed by atoms with Gasteiger partial charge in [0.05, 0.1) is 11.6 Å². The number of carbonyl (C=O) groups is 1. The molecule has 1 N–H and O–H groups in total. The molecular weight excluding hydrogens is 358 g/mol. The largest absolute Gasteiger partial charge is 0.350 e. The number of carbonyl (C=O) groups excluding carboxylic acids is 1. The van der Waals surface area contributed by atoms with Crippen molar-refractivity contribution in [1.82, 2.24) is 15.2 Å². The lowest BCUT2D eigenvalue weighted by Gasteiger charge is -2.29. The van der Waals surface area contributed by atoms with Gasteiger partial charge >= 0.3 is 0 Å². The maximum Gasteiger partial charge on any atom is 0.252 e. The van der Waals surface area contributed by atoms with Crippen LogP contribution in [0.4, 0.5) is 0 Å². The monoisotopic (exact) mass is 379 g/mol. The summed E-state index contributed by atoms with van der Waals surface area (Å²) in [5.41, 5.74) is 2.55. The number of likely N-dealkylation sites (tertiary alicyclic amines) is 1. The van der Waals surface area contributed by atoms with Gasteiger partial charge in [-0.2, -0.15) is 0 Å². The number of hydrogen-bond acceptors (Lipinski definition) is 3. The number of aromatic nitrogens is 1. The highest BCUT2D eigenvalue weighted by Gasteiger charge is 2.25. The zero-order chi connectivity index (χ0) is 18.6. The predicted molar refractivity (Wildman–Crippen MR) is 109 cm³/mol. The summed E-state index contributed by atoms with van der Waals surface area (Å²) in [5.74, 6) is -0.0788. The van der Waals surface area contributed by atoms with E-state index in [-0.39, 0.29) is 11.9 Å². The highest BCUT2D eigenvalue weighted by molar-refractivity contribution is 6.31. The molecule has 1 amide bonds. The summed E-state index contributed by atoms with van der Waals surface area (Å²) in [4.78, 5) is 19.6. The second-order valence-electron chi connectivity index (χ2n) is 6.87. The second-order valence-corrected chi connectivity index (χ2v) is 7.27. The molecule has 0 aliphatic carbocycles. The molecule has 1 saturated heterocycles. The predicted octanol–water partition coefficient (Wildman–Crippen LogP) is 4.46. The number of halogens is 1. The van der Waals surface area contributed by atoms with E-state index >= 15 is 0 Å². The van der Waals surface area contributed by atoms with Gasteiger partial charge < -0.3 is 5.32 Å². The molecule has 1 fully saturated rings. The fraction of sp³-hybridized carbons (Fsp3) is 0.273. The van der Waals surface area contributed by atoms with E-state index in [9.17, 15) is 4.79 Å². The van der Waals surface area contributed by atoms with Crippen molar-refractivity contribution in [2.75, 3.05) is 19.6 Å². The van der Waals surface area contributed by atoms with Crippen LogP contribution in [-0.4, -0.2) is 35.4 Å². The van der Waals surface area contributed by atoms with Crippen LogP contribution in [0.2, 0.25) is 5.02 Å². The first-order valence-corrected chi connectivity index (χ1v) is 9.72. The van der Waals surface area contributed by atoms with Crippen molar-refractivity contribution in [3.63, 3.8) is 0 Å². The quantitative estimate of drug-likeness (QED) is 0.712. The van der Waals surface area contributed by atoms with Gasteiger partial charge in [0.1, 0.15) is 0 Å². The first-order valence-electron chi connectivity index (χ1n) is 9.34. The molecular formula is C22H22ClN3O. The minimum absolute atomic E-state index is 0.0788. The molecule has 0 bridgehead atoms. The first-order chi connectivity index (χ1) is 13.2. The maximum absolute atomic E-state index is 12.9. The van der Waals surface area contributed by atoms with Crippen LogP contribution >= 0.6 is 11.6 Å². The van der Waals surface area contributed by atoms with Gasteiger partial charge in [0.15, 0.2) is 0 Å². The molecule has 1 atom stereocenters. The Balaban J connectivity index is 1.57. The van der Waals surface area contributed by atoms with Crippen LogP contribution in [0.25, 0.3) is 10.9 Å². The van der Waals surface area contributed by atoms with Gasteiger partial charge in [-0.3, -0.25) is 14.7 Å². The molecule has 0 radical (unpaired) electrons. The van der Waals surface area contributed by atoms with Crippen LogP contribution in [0, 0.1) is 0 Å². The zero-order valence-electron chi connectivity index (χ0n) is 15.1. The smallest absolute Gasteiger partial charge is 0.252 e. The average Bonchev–Trinajstić information content (AvgIpc) is 3.23. The fourth-order valence-electron chi connectivity index (χ4n) is 3.82. The van der Waals surface area contributed by atoms with Crippen molar-refractivity contribution in [2.24, 2.45) is 0 Å². The van der Waals surface area contributed by atoms with E-state index in [1.165, 1.54) is 12.8 Å². The van der Waals surface area contributed by atoms with Gasteiger partial charge in [-0.15, -0.1) is 0 Å². The minimum Gasteiger partial charge on any atom is -0.350 e.